The fourth-order valence-electron chi connectivity index (χ4n) is 3.66. The van der Waals surface area contributed by atoms with Gasteiger partial charge in [0.05, 0.1) is 28.3 Å². The summed E-state index contributed by atoms with van der Waals surface area (Å²) in [6.07, 6.45) is 1.41. The summed E-state index contributed by atoms with van der Waals surface area (Å²) >= 11 is 0. The fraction of sp³-hybridized carbons (Fsp3) is 0.217. The molecule has 0 bridgehead atoms. The van der Waals surface area contributed by atoms with E-state index in [0.717, 1.165) is 17.5 Å². The fourth-order valence-corrected chi connectivity index (χ4v) is 6.24. The Labute approximate surface area is 188 Å². The lowest BCUT2D eigenvalue weighted by Crippen LogP contribution is -2.35. The van der Waals surface area contributed by atoms with Gasteiger partial charge in [-0.2, -0.15) is 0 Å². The Balaban J connectivity index is 1.67. The van der Waals surface area contributed by atoms with Gasteiger partial charge in [0.15, 0.2) is 0 Å². The molecular weight excluding hydrogens is 448 g/mol. The highest BCUT2D eigenvalue weighted by molar-refractivity contribution is 7.93. The zero-order valence-electron chi connectivity index (χ0n) is 17.8. The number of ether oxygens (including phenoxy) is 1. The smallest absolute Gasteiger partial charge is 0.264 e. The van der Waals surface area contributed by atoms with Gasteiger partial charge >= 0.3 is 0 Å². The molecule has 7 nitrogen and oxygen atoms in total. The summed E-state index contributed by atoms with van der Waals surface area (Å²) in [5.74, 6) is 0.551. The van der Waals surface area contributed by atoms with Crippen molar-refractivity contribution in [3.05, 3.63) is 77.9 Å². The van der Waals surface area contributed by atoms with Crippen LogP contribution in [-0.2, 0) is 26.5 Å². The highest BCUT2D eigenvalue weighted by Gasteiger charge is 2.29. The number of fused-ring (bicyclic) bond motifs is 1. The molecule has 1 aliphatic heterocycles. The first-order valence-corrected chi connectivity index (χ1v) is 13.0. The standard InChI is InChI=1S/C23H24N2O5S2/c1-17-5-11-22(12-6-17)32(28,29)25-15-3-4-18-7-8-19(16-23(18)25)24-31(26,27)21-13-9-20(30-2)10-14-21/h5-14,16,24H,3-4,15H2,1-2H3. The third kappa shape index (κ3) is 4.31. The van der Waals surface area contributed by atoms with Crippen LogP contribution >= 0.6 is 0 Å². The Hall–Kier alpha value is -3.04. The highest BCUT2D eigenvalue weighted by atomic mass is 32.2. The summed E-state index contributed by atoms with van der Waals surface area (Å²) in [4.78, 5) is 0.292. The average molecular weight is 473 g/mol. The van der Waals surface area contributed by atoms with E-state index in [1.54, 1.807) is 54.6 Å². The quantitative estimate of drug-likeness (QED) is 0.587. The third-order valence-electron chi connectivity index (χ3n) is 5.39. The number of nitrogens with zero attached hydrogens (tertiary/aromatic N) is 1. The molecule has 1 N–H and O–H groups in total. The molecule has 1 heterocycles. The summed E-state index contributed by atoms with van der Waals surface area (Å²) in [7, 11) is -6.11. The van der Waals surface area contributed by atoms with Crippen molar-refractivity contribution >= 4 is 31.4 Å². The van der Waals surface area contributed by atoms with Crippen LogP contribution in [0.2, 0.25) is 0 Å². The van der Waals surface area contributed by atoms with E-state index < -0.39 is 20.0 Å². The van der Waals surface area contributed by atoms with E-state index in [9.17, 15) is 16.8 Å². The van der Waals surface area contributed by atoms with E-state index in [1.807, 2.05) is 6.92 Å². The number of methoxy groups -OCH3 is 1. The SMILES string of the molecule is COc1ccc(S(=O)(=O)Nc2ccc3c(c2)N(S(=O)(=O)c2ccc(C)cc2)CCC3)cc1. The minimum Gasteiger partial charge on any atom is -0.497 e. The Morgan fingerprint density at radius 1 is 0.875 bits per heavy atom. The molecule has 0 aliphatic carbocycles. The molecule has 1 aliphatic rings. The monoisotopic (exact) mass is 472 g/mol. The summed E-state index contributed by atoms with van der Waals surface area (Å²) < 4.78 is 61.3. The molecule has 32 heavy (non-hydrogen) atoms. The van der Waals surface area contributed by atoms with E-state index >= 15 is 0 Å². The molecule has 4 rings (SSSR count). The topological polar surface area (TPSA) is 92.8 Å². The molecule has 0 aromatic heterocycles. The van der Waals surface area contributed by atoms with E-state index in [-0.39, 0.29) is 9.79 Å². The van der Waals surface area contributed by atoms with Crippen LogP contribution in [0.4, 0.5) is 11.4 Å². The van der Waals surface area contributed by atoms with Crippen LogP contribution in [0.5, 0.6) is 5.75 Å². The van der Waals surface area contributed by atoms with Crippen LogP contribution < -0.4 is 13.8 Å². The molecule has 0 fully saturated rings. The lowest BCUT2D eigenvalue weighted by molar-refractivity contribution is 0.414. The van der Waals surface area contributed by atoms with Gasteiger partial charge in [0.2, 0.25) is 0 Å². The normalized spacial score (nSPS) is 14.0. The summed E-state index contributed by atoms with van der Waals surface area (Å²) in [5.41, 5.74) is 2.62. The van der Waals surface area contributed by atoms with E-state index in [0.29, 0.717) is 30.1 Å². The van der Waals surface area contributed by atoms with Crippen LogP contribution in [0.25, 0.3) is 0 Å². The molecule has 0 atom stereocenters. The minimum absolute atomic E-state index is 0.0835. The van der Waals surface area contributed by atoms with Gasteiger partial charge in [-0.15, -0.1) is 0 Å². The van der Waals surface area contributed by atoms with E-state index in [1.165, 1.54) is 23.5 Å². The second-order valence-electron chi connectivity index (χ2n) is 7.62. The summed E-state index contributed by atoms with van der Waals surface area (Å²) in [5, 5.41) is 0. The lowest BCUT2D eigenvalue weighted by Gasteiger charge is -2.31. The molecule has 0 saturated carbocycles. The molecule has 9 heteroatoms. The predicted octanol–water partition coefficient (Wildman–Crippen LogP) is 3.95. The number of nitrogens with one attached hydrogen (secondary N) is 1. The first-order chi connectivity index (χ1) is 15.2. The second kappa shape index (κ2) is 8.48. The Kier molecular flexibility index (Phi) is 5.87. The maximum absolute atomic E-state index is 13.3. The van der Waals surface area contributed by atoms with Gasteiger partial charge in [-0.1, -0.05) is 23.8 Å². The number of rotatable bonds is 6. The largest absolute Gasteiger partial charge is 0.497 e. The van der Waals surface area contributed by atoms with Gasteiger partial charge in [0.25, 0.3) is 20.0 Å². The summed E-state index contributed by atoms with van der Waals surface area (Å²) in [6.45, 7) is 2.23. The Morgan fingerprint density at radius 2 is 1.53 bits per heavy atom. The zero-order valence-corrected chi connectivity index (χ0v) is 19.4. The average Bonchev–Trinajstić information content (AvgIpc) is 2.78. The lowest BCUT2D eigenvalue weighted by atomic mass is 10.0. The molecule has 0 spiro atoms. The zero-order chi connectivity index (χ0) is 22.9. The number of sulfonamides is 2. The number of anilines is 2. The number of hydrogen-bond acceptors (Lipinski definition) is 5. The van der Waals surface area contributed by atoms with Gasteiger partial charge < -0.3 is 4.74 Å². The van der Waals surface area contributed by atoms with Crippen molar-refractivity contribution in [2.24, 2.45) is 0 Å². The number of aryl methyl sites for hydroxylation is 2. The van der Waals surface area contributed by atoms with Gasteiger partial charge in [-0.05, 0) is 73.9 Å². The minimum atomic E-state index is -3.85. The van der Waals surface area contributed by atoms with Gasteiger partial charge in [0.1, 0.15) is 5.75 Å². The van der Waals surface area contributed by atoms with Crippen molar-refractivity contribution in [3.8, 4) is 5.75 Å². The first kappa shape index (κ1) is 22.2. The van der Waals surface area contributed by atoms with Crippen molar-refractivity contribution < 1.29 is 21.6 Å². The van der Waals surface area contributed by atoms with Crippen LogP contribution in [0.1, 0.15) is 17.5 Å². The van der Waals surface area contributed by atoms with E-state index in [4.69, 9.17) is 4.74 Å². The molecule has 0 saturated heterocycles. The first-order valence-electron chi connectivity index (χ1n) is 10.1. The molecule has 3 aromatic carbocycles. The third-order valence-corrected chi connectivity index (χ3v) is 8.62. The van der Waals surface area contributed by atoms with Crippen molar-refractivity contribution in [1.29, 1.82) is 0 Å². The molecule has 168 valence electrons. The van der Waals surface area contributed by atoms with Crippen LogP contribution in [0, 0.1) is 6.92 Å². The maximum atomic E-state index is 13.3. The highest BCUT2D eigenvalue weighted by Crippen LogP contribution is 2.35. The number of hydrogen-bond donors (Lipinski definition) is 1. The molecular formula is C23H24N2O5S2. The van der Waals surface area contributed by atoms with Crippen LogP contribution in [0.3, 0.4) is 0 Å². The predicted molar refractivity (Wildman–Crippen MR) is 124 cm³/mol. The Bertz CT molecular complexity index is 1330. The molecule has 0 radical (unpaired) electrons. The van der Waals surface area contributed by atoms with E-state index in [2.05, 4.69) is 4.72 Å². The van der Waals surface area contributed by atoms with Gasteiger partial charge in [-0.3, -0.25) is 9.03 Å². The van der Waals surface area contributed by atoms with Gasteiger partial charge in [-0.25, -0.2) is 16.8 Å². The van der Waals surface area contributed by atoms with Crippen molar-refractivity contribution in [1.82, 2.24) is 0 Å². The van der Waals surface area contributed by atoms with Crippen molar-refractivity contribution in [2.75, 3.05) is 22.7 Å². The summed E-state index contributed by atoms with van der Waals surface area (Å²) in [6, 6.07) is 17.8. The Morgan fingerprint density at radius 3 is 2.19 bits per heavy atom. The molecule has 0 unspecified atom stereocenters. The van der Waals surface area contributed by atoms with Crippen molar-refractivity contribution in [2.45, 2.75) is 29.6 Å². The molecule has 3 aromatic rings. The molecule has 0 amide bonds. The van der Waals surface area contributed by atoms with Crippen LogP contribution in [-0.4, -0.2) is 30.5 Å². The number of benzene rings is 3. The second-order valence-corrected chi connectivity index (χ2v) is 11.2. The van der Waals surface area contributed by atoms with Crippen molar-refractivity contribution in [3.63, 3.8) is 0 Å². The van der Waals surface area contributed by atoms with Gasteiger partial charge in [0, 0.05) is 6.54 Å². The van der Waals surface area contributed by atoms with Crippen LogP contribution in [0.15, 0.2) is 76.5 Å². The maximum Gasteiger partial charge on any atom is 0.264 e.